The van der Waals surface area contributed by atoms with Crippen LogP contribution in [0.2, 0.25) is 0 Å². The van der Waals surface area contributed by atoms with Gasteiger partial charge in [0.15, 0.2) is 0 Å². The predicted octanol–water partition coefficient (Wildman–Crippen LogP) is 1.73. The largest absolute Gasteiger partial charge is 0.396 e. The predicted molar refractivity (Wildman–Crippen MR) is 76.6 cm³/mol. The SMILES string of the molecule is CCOCC(C)NS(=O)(=O)c1c(C)cc(F)c(N)c1C. The van der Waals surface area contributed by atoms with E-state index in [9.17, 15) is 12.8 Å². The highest BCUT2D eigenvalue weighted by molar-refractivity contribution is 7.89. The monoisotopic (exact) mass is 304 g/mol. The molecule has 0 saturated carbocycles. The minimum Gasteiger partial charge on any atom is -0.396 e. The summed E-state index contributed by atoms with van der Waals surface area (Å²) in [4.78, 5) is 0.0275. The highest BCUT2D eigenvalue weighted by atomic mass is 32.2. The molecule has 0 bridgehead atoms. The molecule has 5 nitrogen and oxygen atoms in total. The van der Waals surface area contributed by atoms with Gasteiger partial charge in [-0.1, -0.05) is 0 Å². The van der Waals surface area contributed by atoms with E-state index in [1.807, 2.05) is 6.92 Å². The van der Waals surface area contributed by atoms with Crippen LogP contribution in [-0.2, 0) is 14.8 Å². The number of nitrogen functional groups attached to an aromatic ring is 1. The van der Waals surface area contributed by atoms with Crippen molar-refractivity contribution in [3.8, 4) is 0 Å². The number of sulfonamides is 1. The van der Waals surface area contributed by atoms with E-state index < -0.39 is 15.8 Å². The van der Waals surface area contributed by atoms with E-state index in [4.69, 9.17) is 10.5 Å². The van der Waals surface area contributed by atoms with Crippen LogP contribution in [0.15, 0.2) is 11.0 Å². The summed E-state index contributed by atoms with van der Waals surface area (Å²) in [5, 5.41) is 0. The maximum absolute atomic E-state index is 13.5. The Bertz CT molecular complexity index is 588. The molecule has 0 aliphatic carbocycles. The van der Waals surface area contributed by atoms with Crippen molar-refractivity contribution in [3.63, 3.8) is 0 Å². The zero-order valence-corrected chi connectivity index (χ0v) is 13.0. The van der Waals surface area contributed by atoms with Crippen LogP contribution in [0.5, 0.6) is 0 Å². The number of halogens is 1. The number of hydrogen-bond donors (Lipinski definition) is 2. The Balaban J connectivity index is 3.14. The Morgan fingerprint density at radius 2 is 2.05 bits per heavy atom. The third kappa shape index (κ3) is 3.68. The van der Waals surface area contributed by atoms with Crippen molar-refractivity contribution >= 4 is 15.7 Å². The number of rotatable bonds is 6. The summed E-state index contributed by atoms with van der Waals surface area (Å²) in [6.45, 7) is 7.34. The maximum Gasteiger partial charge on any atom is 0.241 e. The molecule has 20 heavy (non-hydrogen) atoms. The maximum atomic E-state index is 13.5. The molecule has 1 aromatic carbocycles. The molecule has 0 saturated heterocycles. The topological polar surface area (TPSA) is 81.4 Å². The number of nitrogens with two attached hydrogens (primary N) is 1. The second-order valence-electron chi connectivity index (χ2n) is 4.72. The van der Waals surface area contributed by atoms with Crippen molar-refractivity contribution in [2.45, 2.75) is 38.6 Å². The summed E-state index contributed by atoms with van der Waals surface area (Å²) in [6, 6.07) is 0.745. The van der Waals surface area contributed by atoms with Gasteiger partial charge in [-0.2, -0.15) is 0 Å². The van der Waals surface area contributed by atoms with Gasteiger partial charge < -0.3 is 10.5 Å². The average Bonchev–Trinajstić information content (AvgIpc) is 2.32. The summed E-state index contributed by atoms with van der Waals surface area (Å²) >= 11 is 0. The Hall–Kier alpha value is -1.18. The van der Waals surface area contributed by atoms with E-state index in [2.05, 4.69) is 4.72 Å². The molecule has 0 amide bonds. The standard InChI is InChI=1S/C13H21FN2O3S/c1-5-19-7-9(3)16-20(17,18)13-8(2)6-11(14)12(15)10(13)4/h6,9,16H,5,7,15H2,1-4H3. The van der Waals surface area contributed by atoms with Crippen LogP contribution >= 0.6 is 0 Å². The fourth-order valence-corrected chi connectivity index (χ4v) is 3.71. The third-order valence-electron chi connectivity index (χ3n) is 2.90. The first-order valence-corrected chi connectivity index (χ1v) is 7.84. The van der Waals surface area contributed by atoms with Gasteiger partial charge in [0.25, 0.3) is 0 Å². The van der Waals surface area contributed by atoms with Crippen LogP contribution in [0.25, 0.3) is 0 Å². The zero-order valence-electron chi connectivity index (χ0n) is 12.2. The van der Waals surface area contributed by atoms with E-state index in [0.717, 1.165) is 6.07 Å². The summed E-state index contributed by atoms with van der Waals surface area (Å²) in [5.74, 6) is -0.610. The van der Waals surface area contributed by atoms with Crippen molar-refractivity contribution in [2.75, 3.05) is 18.9 Å². The lowest BCUT2D eigenvalue weighted by Crippen LogP contribution is -2.36. The summed E-state index contributed by atoms with van der Waals surface area (Å²) in [7, 11) is -3.77. The Kier molecular flexibility index (Phi) is 5.50. The molecule has 0 heterocycles. The minimum absolute atomic E-state index is 0.0275. The molecule has 0 aliphatic rings. The number of ether oxygens (including phenoxy) is 1. The molecule has 1 aromatic rings. The van der Waals surface area contributed by atoms with Gasteiger partial charge in [-0.3, -0.25) is 0 Å². The molecule has 0 aliphatic heterocycles. The molecule has 1 atom stereocenters. The highest BCUT2D eigenvalue weighted by Crippen LogP contribution is 2.27. The van der Waals surface area contributed by atoms with E-state index >= 15 is 0 Å². The molecule has 1 unspecified atom stereocenters. The van der Waals surface area contributed by atoms with Crippen LogP contribution in [-0.4, -0.2) is 27.7 Å². The molecular weight excluding hydrogens is 283 g/mol. The van der Waals surface area contributed by atoms with Crippen molar-refractivity contribution in [1.29, 1.82) is 0 Å². The zero-order chi connectivity index (χ0) is 15.5. The van der Waals surface area contributed by atoms with E-state index in [-0.39, 0.29) is 28.8 Å². The van der Waals surface area contributed by atoms with E-state index in [1.165, 1.54) is 13.8 Å². The quantitative estimate of drug-likeness (QED) is 0.784. The first kappa shape index (κ1) is 16.9. The third-order valence-corrected chi connectivity index (χ3v) is 4.78. The molecule has 3 N–H and O–H groups in total. The number of nitrogens with one attached hydrogen (secondary N) is 1. The van der Waals surface area contributed by atoms with Gasteiger partial charge in [0.05, 0.1) is 17.2 Å². The van der Waals surface area contributed by atoms with Gasteiger partial charge in [0.1, 0.15) is 5.82 Å². The Morgan fingerprint density at radius 1 is 1.45 bits per heavy atom. The lowest BCUT2D eigenvalue weighted by atomic mass is 10.1. The fraction of sp³-hybridized carbons (Fsp3) is 0.538. The van der Waals surface area contributed by atoms with E-state index in [0.29, 0.717) is 12.2 Å². The lowest BCUT2D eigenvalue weighted by Gasteiger charge is -2.18. The van der Waals surface area contributed by atoms with Crippen molar-refractivity contribution in [3.05, 3.63) is 23.0 Å². The molecule has 114 valence electrons. The van der Waals surface area contributed by atoms with Crippen molar-refractivity contribution in [1.82, 2.24) is 4.72 Å². The number of anilines is 1. The molecule has 0 aromatic heterocycles. The Morgan fingerprint density at radius 3 is 2.60 bits per heavy atom. The smallest absolute Gasteiger partial charge is 0.241 e. The second-order valence-corrected chi connectivity index (χ2v) is 6.38. The van der Waals surface area contributed by atoms with Crippen molar-refractivity contribution in [2.24, 2.45) is 0 Å². The fourth-order valence-electron chi connectivity index (χ4n) is 2.00. The second kappa shape index (κ2) is 6.51. The van der Waals surface area contributed by atoms with Gasteiger partial charge in [0.2, 0.25) is 10.0 Å². The first-order chi connectivity index (χ1) is 9.20. The van der Waals surface area contributed by atoms with E-state index in [1.54, 1.807) is 6.92 Å². The summed E-state index contributed by atoms with van der Waals surface area (Å²) < 4.78 is 45.9. The molecule has 0 radical (unpaired) electrons. The van der Waals surface area contributed by atoms with Gasteiger partial charge in [0, 0.05) is 12.6 Å². The number of hydrogen-bond acceptors (Lipinski definition) is 4. The highest BCUT2D eigenvalue weighted by Gasteiger charge is 2.24. The summed E-state index contributed by atoms with van der Waals surface area (Å²) in [6.07, 6.45) is 0. The molecular formula is C13H21FN2O3S. The van der Waals surface area contributed by atoms with Crippen LogP contribution in [0.1, 0.15) is 25.0 Å². The number of aryl methyl sites for hydroxylation is 1. The van der Waals surface area contributed by atoms with Crippen LogP contribution in [0.3, 0.4) is 0 Å². The normalized spacial score (nSPS) is 13.4. The van der Waals surface area contributed by atoms with Crippen LogP contribution < -0.4 is 10.5 Å². The Labute approximate surface area is 119 Å². The van der Waals surface area contributed by atoms with Crippen LogP contribution in [0.4, 0.5) is 10.1 Å². The first-order valence-electron chi connectivity index (χ1n) is 6.36. The summed E-state index contributed by atoms with van der Waals surface area (Å²) in [5.41, 5.74) is 5.97. The van der Waals surface area contributed by atoms with Gasteiger partial charge in [-0.15, -0.1) is 0 Å². The molecule has 0 fully saturated rings. The number of benzene rings is 1. The van der Waals surface area contributed by atoms with Gasteiger partial charge in [-0.05, 0) is 44.9 Å². The molecule has 0 spiro atoms. The van der Waals surface area contributed by atoms with Crippen molar-refractivity contribution < 1.29 is 17.5 Å². The molecule has 1 rings (SSSR count). The lowest BCUT2D eigenvalue weighted by molar-refractivity contribution is 0.133. The average molecular weight is 304 g/mol. The molecule has 7 heteroatoms. The van der Waals surface area contributed by atoms with Gasteiger partial charge in [-0.25, -0.2) is 17.5 Å². The minimum atomic E-state index is -3.77. The van der Waals surface area contributed by atoms with Gasteiger partial charge >= 0.3 is 0 Å². The van der Waals surface area contributed by atoms with Crippen LogP contribution in [0, 0.1) is 19.7 Å².